The van der Waals surface area contributed by atoms with Crippen molar-refractivity contribution in [3.63, 3.8) is 0 Å². The first-order chi connectivity index (χ1) is 12.2. The topological polar surface area (TPSA) is 52.0 Å². The van der Waals surface area contributed by atoms with Gasteiger partial charge in [-0.2, -0.15) is 0 Å². The van der Waals surface area contributed by atoms with Gasteiger partial charge < -0.3 is 19.7 Å². The lowest BCUT2D eigenvalue weighted by Gasteiger charge is -2.23. The van der Waals surface area contributed by atoms with Gasteiger partial charge in [-0.15, -0.1) is 0 Å². The molecule has 0 aliphatic carbocycles. The van der Waals surface area contributed by atoms with Crippen LogP contribution in [0, 0.1) is 6.92 Å². The highest BCUT2D eigenvalue weighted by atomic mass is 16.5. The van der Waals surface area contributed by atoms with Crippen LogP contribution in [0.3, 0.4) is 0 Å². The standard InChI is InChI=1S/C20H24N2O3/c1-15-3-8-19(24-2)18(13-15)21-20(23)17-6-4-16(5-7-17)14-22-9-11-25-12-10-22/h3-8,13H,9-12,14H2,1-2H3,(H,21,23)/p+1. The number of hydrogen-bond acceptors (Lipinski definition) is 3. The van der Waals surface area contributed by atoms with Gasteiger partial charge in [-0.25, -0.2) is 0 Å². The van der Waals surface area contributed by atoms with Crippen LogP contribution in [-0.4, -0.2) is 39.3 Å². The van der Waals surface area contributed by atoms with Crippen LogP contribution in [0.2, 0.25) is 0 Å². The Bertz CT molecular complexity index is 722. The molecule has 0 spiro atoms. The SMILES string of the molecule is COc1ccc(C)cc1NC(=O)c1ccc(C[NH+]2CCOCC2)cc1. The fourth-order valence-electron chi connectivity index (χ4n) is 3.01. The summed E-state index contributed by atoms with van der Waals surface area (Å²) in [5.74, 6) is 0.528. The van der Waals surface area contributed by atoms with Gasteiger partial charge in [0.2, 0.25) is 0 Å². The molecule has 1 heterocycles. The van der Waals surface area contributed by atoms with Crippen LogP contribution in [0.1, 0.15) is 21.5 Å². The van der Waals surface area contributed by atoms with Crippen molar-refractivity contribution >= 4 is 11.6 Å². The largest absolute Gasteiger partial charge is 0.495 e. The van der Waals surface area contributed by atoms with Gasteiger partial charge in [0.15, 0.2) is 0 Å². The smallest absolute Gasteiger partial charge is 0.255 e. The Morgan fingerprint density at radius 3 is 2.56 bits per heavy atom. The third-order valence-electron chi connectivity index (χ3n) is 4.47. The van der Waals surface area contributed by atoms with Crippen LogP contribution < -0.4 is 15.0 Å². The molecule has 3 rings (SSSR count). The number of carbonyl (C=O) groups is 1. The van der Waals surface area contributed by atoms with E-state index in [9.17, 15) is 4.79 Å². The quantitative estimate of drug-likeness (QED) is 0.870. The zero-order chi connectivity index (χ0) is 17.6. The summed E-state index contributed by atoms with van der Waals surface area (Å²) < 4.78 is 10.7. The van der Waals surface area contributed by atoms with Crippen LogP contribution in [0.4, 0.5) is 5.69 Å². The van der Waals surface area contributed by atoms with Crippen molar-refractivity contribution in [2.75, 3.05) is 38.7 Å². The average Bonchev–Trinajstić information content (AvgIpc) is 2.63. The van der Waals surface area contributed by atoms with E-state index >= 15 is 0 Å². The fraction of sp³-hybridized carbons (Fsp3) is 0.350. The number of hydrogen-bond donors (Lipinski definition) is 2. The molecule has 0 unspecified atom stereocenters. The lowest BCUT2D eigenvalue weighted by atomic mass is 10.1. The van der Waals surface area contributed by atoms with Crippen LogP contribution >= 0.6 is 0 Å². The van der Waals surface area contributed by atoms with Crippen molar-refractivity contribution in [2.24, 2.45) is 0 Å². The number of rotatable bonds is 5. The maximum absolute atomic E-state index is 12.5. The molecule has 0 aromatic heterocycles. The summed E-state index contributed by atoms with van der Waals surface area (Å²) >= 11 is 0. The zero-order valence-electron chi connectivity index (χ0n) is 14.8. The van der Waals surface area contributed by atoms with Crippen molar-refractivity contribution in [1.29, 1.82) is 0 Å². The lowest BCUT2D eigenvalue weighted by Crippen LogP contribution is -3.12. The average molecular weight is 341 g/mol. The molecule has 0 radical (unpaired) electrons. The summed E-state index contributed by atoms with van der Waals surface area (Å²) in [6.07, 6.45) is 0. The number of aryl methyl sites for hydroxylation is 1. The molecule has 2 aromatic rings. The van der Waals surface area contributed by atoms with Gasteiger partial charge >= 0.3 is 0 Å². The van der Waals surface area contributed by atoms with E-state index in [4.69, 9.17) is 9.47 Å². The molecule has 2 N–H and O–H groups in total. The molecular formula is C20H25N2O3+. The normalized spacial score (nSPS) is 15.0. The third kappa shape index (κ3) is 4.59. The minimum atomic E-state index is -0.130. The van der Waals surface area contributed by atoms with Gasteiger partial charge in [0, 0.05) is 11.1 Å². The first-order valence-electron chi connectivity index (χ1n) is 8.62. The minimum Gasteiger partial charge on any atom is -0.495 e. The zero-order valence-corrected chi connectivity index (χ0v) is 14.8. The summed E-state index contributed by atoms with van der Waals surface area (Å²) in [6.45, 7) is 6.68. The van der Waals surface area contributed by atoms with Crippen molar-refractivity contribution in [3.8, 4) is 5.75 Å². The van der Waals surface area contributed by atoms with Crippen molar-refractivity contribution < 1.29 is 19.2 Å². The molecule has 0 saturated carbocycles. The molecule has 1 aliphatic heterocycles. The molecule has 1 fully saturated rings. The van der Waals surface area contributed by atoms with Crippen molar-refractivity contribution in [1.82, 2.24) is 0 Å². The van der Waals surface area contributed by atoms with Crippen LogP contribution in [0.15, 0.2) is 42.5 Å². The predicted octanol–water partition coefficient (Wildman–Crippen LogP) is 1.67. The highest BCUT2D eigenvalue weighted by Gasteiger charge is 2.15. The first-order valence-corrected chi connectivity index (χ1v) is 8.62. The number of benzene rings is 2. The highest BCUT2D eigenvalue weighted by Crippen LogP contribution is 2.25. The van der Waals surface area contributed by atoms with Gasteiger partial charge in [-0.1, -0.05) is 18.2 Å². The third-order valence-corrected chi connectivity index (χ3v) is 4.47. The Kier molecular flexibility index (Phi) is 5.68. The summed E-state index contributed by atoms with van der Waals surface area (Å²) in [4.78, 5) is 14.0. The van der Waals surface area contributed by atoms with E-state index in [0.29, 0.717) is 17.0 Å². The first kappa shape index (κ1) is 17.5. The van der Waals surface area contributed by atoms with E-state index in [-0.39, 0.29) is 5.91 Å². The van der Waals surface area contributed by atoms with Crippen LogP contribution in [0.25, 0.3) is 0 Å². The van der Waals surface area contributed by atoms with E-state index in [2.05, 4.69) is 5.32 Å². The number of nitrogens with one attached hydrogen (secondary N) is 2. The number of quaternary nitrogens is 1. The monoisotopic (exact) mass is 341 g/mol. The molecular weight excluding hydrogens is 316 g/mol. The van der Waals surface area contributed by atoms with Gasteiger partial charge in [0.1, 0.15) is 25.4 Å². The summed E-state index contributed by atoms with van der Waals surface area (Å²) in [5.41, 5.74) is 3.64. The second-order valence-electron chi connectivity index (χ2n) is 6.39. The lowest BCUT2D eigenvalue weighted by molar-refractivity contribution is -0.921. The number of morpholine rings is 1. The molecule has 0 atom stereocenters. The molecule has 25 heavy (non-hydrogen) atoms. The molecule has 0 bridgehead atoms. The number of methoxy groups -OCH3 is 1. The number of amides is 1. The van der Waals surface area contributed by atoms with Crippen LogP contribution in [0.5, 0.6) is 5.75 Å². The van der Waals surface area contributed by atoms with E-state index in [1.807, 2.05) is 49.4 Å². The second kappa shape index (κ2) is 8.14. The number of carbonyl (C=O) groups excluding carboxylic acids is 1. The van der Waals surface area contributed by atoms with E-state index in [1.54, 1.807) is 7.11 Å². The number of anilines is 1. The summed E-state index contributed by atoms with van der Waals surface area (Å²) in [6, 6.07) is 13.6. The Hall–Kier alpha value is -2.37. The Morgan fingerprint density at radius 2 is 1.88 bits per heavy atom. The van der Waals surface area contributed by atoms with Gasteiger partial charge in [-0.05, 0) is 36.8 Å². The summed E-state index contributed by atoms with van der Waals surface area (Å²) in [7, 11) is 1.60. The van der Waals surface area contributed by atoms with Gasteiger partial charge in [0.25, 0.3) is 5.91 Å². The highest BCUT2D eigenvalue weighted by molar-refractivity contribution is 6.05. The van der Waals surface area contributed by atoms with E-state index < -0.39 is 0 Å². The predicted molar refractivity (Wildman–Crippen MR) is 97.3 cm³/mol. The Morgan fingerprint density at radius 1 is 1.16 bits per heavy atom. The van der Waals surface area contributed by atoms with Crippen LogP contribution in [-0.2, 0) is 11.3 Å². The van der Waals surface area contributed by atoms with Crippen molar-refractivity contribution in [2.45, 2.75) is 13.5 Å². The molecule has 2 aromatic carbocycles. The maximum atomic E-state index is 12.5. The molecule has 1 aliphatic rings. The Balaban J connectivity index is 1.65. The maximum Gasteiger partial charge on any atom is 0.255 e. The molecule has 1 saturated heterocycles. The minimum absolute atomic E-state index is 0.130. The van der Waals surface area contributed by atoms with Gasteiger partial charge in [-0.3, -0.25) is 4.79 Å². The molecule has 5 heteroatoms. The summed E-state index contributed by atoms with van der Waals surface area (Å²) in [5, 5.41) is 2.93. The van der Waals surface area contributed by atoms with Gasteiger partial charge in [0.05, 0.1) is 26.0 Å². The molecule has 1 amide bonds. The fourth-order valence-corrected chi connectivity index (χ4v) is 3.01. The van der Waals surface area contributed by atoms with E-state index in [0.717, 1.165) is 38.4 Å². The number of ether oxygens (including phenoxy) is 2. The van der Waals surface area contributed by atoms with Crippen molar-refractivity contribution in [3.05, 3.63) is 59.2 Å². The molecule has 132 valence electrons. The second-order valence-corrected chi connectivity index (χ2v) is 6.39. The Labute approximate surface area is 148 Å². The van der Waals surface area contributed by atoms with E-state index in [1.165, 1.54) is 10.5 Å². The molecule has 5 nitrogen and oxygen atoms in total.